The fourth-order valence-electron chi connectivity index (χ4n) is 1.43. The average molecular weight is 352 g/mol. The number of amides is 1. The topological polar surface area (TPSA) is 110 Å². The Morgan fingerprint density at radius 3 is 2.59 bits per heavy atom. The lowest BCUT2D eigenvalue weighted by Crippen LogP contribution is -2.43. The Kier molecular flexibility index (Phi) is 5.94. The minimum atomic E-state index is -4.24. The van der Waals surface area contributed by atoms with Crippen molar-refractivity contribution in [1.29, 1.82) is 0 Å². The van der Waals surface area contributed by atoms with Gasteiger partial charge in [-0.2, -0.15) is 12.7 Å². The molecule has 0 spiro atoms. The molecule has 1 aromatic rings. The number of nitro benzene ring substituents is 1. The number of benzene rings is 1. The van der Waals surface area contributed by atoms with Crippen LogP contribution in [0.3, 0.4) is 0 Å². The molecule has 0 aromatic heterocycles. The van der Waals surface area contributed by atoms with Gasteiger partial charge >= 0.3 is 16.3 Å². The summed E-state index contributed by atoms with van der Waals surface area (Å²) in [6, 6.07) is 5.01. The molecular weight excluding hydrogens is 338 g/mol. The standard InChI is InChI=1S/C11H14ClN3O6S/c1-13(9-4-3-5-10(8-9)15(17)18)22(19,20)14(2)11(16)21-7-6-12/h3-5,8H,6-7H2,1-2H3. The van der Waals surface area contributed by atoms with E-state index >= 15 is 0 Å². The number of hydrogen-bond donors (Lipinski definition) is 0. The van der Waals surface area contributed by atoms with E-state index in [0.717, 1.165) is 17.4 Å². The number of carbonyl (C=O) groups excluding carboxylic acids is 1. The first-order valence-corrected chi connectivity index (χ1v) is 7.85. The molecule has 22 heavy (non-hydrogen) atoms. The Morgan fingerprint density at radius 2 is 2.05 bits per heavy atom. The van der Waals surface area contributed by atoms with Crippen LogP contribution in [0.25, 0.3) is 0 Å². The SMILES string of the molecule is CN(C(=O)OCCCl)S(=O)(=O)N(C)c1cccc([N+](=O)[O-])c1. The number of hydrogen-bond acceptors (Lipinski definition) is 6. The number of anilines is 1. The van der Waals surface area contributed by atoms with Gasteiger partial charge in [0.15, 0.2) is 0 Å². The van der Waals surface area contributed by atoms with Crippen LogP contribution in [0, 0.1) is 10.1 Å². The molecule has 0 unspecified atom stereocenters. The number of ether oxygens (including phenoxy) is 1. The van der Waals surface area contributed by atoms with E-state index in [-0.39, 0.29) is 23.9 Å². The molecule has 0 atom stereocenters. The van der Waals surface area contributed by atoms with Gasteiger partial charge in [0.2, 0.25) is 0 Å². The summed E-state index contributed by atoms with van der Waals surface area (Å²) < 4.78 is 30.3. The smallest absolute Gasteiger partial charge is 0.424 e. The maximum atomic E-state index is 12.3. The highest BCUT2D eigenvalue weighted by Gasteiger charge is 2.30. The number of alkyl halides is 1. The van der Waals surface area contributed by atoms with Crippen molar-refractivity contribution in [3.63, 3.8) is 0 Å². The second kappa shape index (κ2) is 7.27. The van der Waals surface area contributed by atoms with Crippen molar-refractivity contribution < 1.29 is 22.9 Å². The summed E-state index contributed by atoms with van der Waals surface area (Å²) in [4.78, 5) is 21.7. The van der Waals surface area contributed by atoms with Gasteiger partial charge in [-0.05, 0) is 6.07 Å². The van der Waals surface area contributed by atoms with Crippen LogP contribution < -0.4 is 4.31 Å². The van der Waals surface area contributed by atoms with E-state index in [1.165, 1.54) is 25.2 Å². The Labute approximate surface area is 132 Å². The normalized spacial score (nSPS) is 10.9. The molecule has 9 nitrogen and oxygen atoms in total. The molecule has 0 aliphatic carbocycles. The number of rotatable bonds is 6. The number of carbonyl (C=O) groups is 1. The number of non-ortho nitro benzene ring substituents is 1. The third kappa shape index (κ3) is 3.98. The van der Waals surface area contributed by atoms with E-state index in [4.69, 9.17) is 11.6 Å². The van der Waals surface area contributed by atoms with Crippen LogP contribution in [0.15, 0.2) is 24.3 Å². The Bertz CT molecular complexity index is 666. The Balaban J connectivity index is 3.04. The van der Waals surface area contributed by atoms with Crippen molar-refractivity contribution in [2.75, 3.05) is 30.9 Å². The van der Waals surface area contributed by atoms with E-state index in [1.807, 2.05) is 0 Å². The molecule has 0 heterocycles. The maximum absolute atomic E-state index is 12.3. The number of nitrogens with zero attached hydrogens (tertiary/aromatic N) is 3. The highest BCUT2D eigenvalue weighted by atomic mass is 35.5. The number of nitro groups is 1. The van der Waals surface area contributed by atoms with Crippen LogP contribution in [0.2, 0.25) is 0 Å². The second-order valence-corrected chi connectivity index (χ2v) is 6.39. The van der Waals surface area contributed by atoms with Gasteiger partial charge in [-0.3, -0.25) is 14.4 Å². The van der Waals surface area contributed by atoms with Gasteiger partial charge in [0.05, 0.1) is 16.5 Å². The van der Waals surface area contributed by atoms with Crippen molar-refractivity contribution in [3.05, 3.63) is 34.4 Å². The Hall–Kier alpha value is -2.07. The van der Waals surface area contributed by atoms with Crippen LogP contribution in [-0.2, 0) is 14.9 Å². The molecule has 0 aliphatic rings. The number of halogens is 1. The minimum absolute atomic E-state index is 0.0281. The van der Waals surface area contributed by atoms with Gasteiger partial charge in [0.25, 0.3) is 5.69 Å². The van der Waals surface area contributed by atoms with Gasteiger partial charge in [-0.1, -0.05) is 6.07 Å². The predicted octanol–water partition coefficient (Wildman–Crippen LogP) is 1.58. The second-order valence-electron chi connectivity index (χ2n) is 4.02. The van der Waals surface area contributed by atoms with Gasteiger partial charge < -0.3 is 4.74 Å². The lowest BCUT2D eigenvalue weighted by molar-refractivity contribution is -0.384. The molecule has 0 radical (unpaired) electrons. The predicted molar refractivity (Wildman–Crippen MR) is 80.3 cm³/mol. The van der Waals surface area contributed by atoms with Crippen molar-refractivity contribution >= 4 is 39.3 Å². The molecule has 1 rings (SSSR count). The molecule has 0 saturated carbocycles. The minimum Gasteiger partial charge on any atom is -0.447 e. The molecule has 0 bridgehead atoms. The zero-order valence-electron chi connectivity index (χ0n) is 11.8. The fourth-order valence-corrected chi connectivity index (χ4v) is 2.50. The van der Waals surface area contributed by atoms with Crippen LogP contribution in [-0.4, -0.2) is 50.3 Å². The third-order valence-corrected chi connectivity index (χ3v) is 4.55. The highest BCUT2D eigenvalue weighted by Crippen LogP contribution is 2.23. The summed E-state index contributed by atoms with van der Waals surface area (Å²) in [6.07, 6.45) is -1.10. The maximum Gasteiger partial charge on any atom is 0.424 e. The molecule has 122 valence electrons. The van der Waals surface area contributed by atoms with E-state index in [1.54, 1.807) is 0 Å². The van der Waals surface area contributed by atoms with Gasteiger partial charge in [0.1, 0.15) is 6.61 Å². The van der Waals surface area contributed by atoms with E-state index in [2.05, 4.69) is 4.74 Å². The van der Waals surface area contributed by atoms with Crippen LogP contribution >= 0.6 is 11.6 Å². The largest absolute Gasteiger partial charge is 0.447 e. The summed E-state index contributed by atoms with van der Waals surface area (Å²) in [6.45, 7) is -0.138. The summed E-state index contributed by atoms with van der Waals surface area (Å²) in [5, 5.41) is 10.7. The average Bonchev–Trinajstić information content (AvgIpc) is 2.50. The summed E-state index contributed by atoms with van der Waals surface area (Å²) in [5.41, 5.74) is -0.238. The quantitative estimate of drug-likeness (QED) is 0.437. The van der Waals surface area contributed by atoms with Gasteiger partial charge in [-0.15, -0.1) is 11.6 Å². The third-order valence-electron chi connectivity index (χ3n) is 2.66. The summed E-state index contributed by atoms with van der Waals surface area (Å²) in [5.74, 6) is 0.0281. The molecule has 0 saturated heterocycles. The highest BCUT2D eigenvalue weighted by molar-refractivity contribution is 7.91. The van der Waals surface area contributed by atoms with Crippen molar-refractivity contribution in [2.24, 2.45) is 0 Å². The molecule has 0 N–H and O–H groups in total. The summed E-state index contributed by atoms with van der Waals surface area (Å²) in [7, 11) is -2.06. The molecule has 1 amide bonds. The van der Waals surface area contributed by atoms with Crippen molar-refractivity contribution in [1.82, 2.24) is 4.31 Å². The van der Waals surface area contributed by atoms with E-state index < -0.39 is 21.2 Å². The van der Waals surface area contributed by atoms with Gasteiger partial charge in [-0.25, -0.2) is 4.79 Å². The first kappa shape index (κ1) is 18.0. The molecule has 0 aliphatic heterocycles. The first-order chi connectivity index (χ1) is 10.2. The zero-order valence-corrected chi connectivity index (χ0v) is 13.4. The van der Waals surface area contributed by atoms with Crippen molar-refractivity contribution in [3.8, 4) is 0 Å². The lowest BCUT2D eigenvalue weighted by Gasteiger charge is -2.25. The van der Waals surface area contributed by atoms with E-state index in [0.29, 0.717) is 4.31 Å². The lowest BCUT2D eigenvalue weighted by atomic mass is 10.3. The van der Waals surface area contributed by atoms with Crippen LogP contribution in [0.5, 0.6) is 0 Å². The monoisotopic (exact) mass is 351 g/mol. The van der Waals surface area contributed by atoms with Crippen molar-refractivity contribution in [2.45, 2.75) is 0 Å². The van der Waals surface area contributed by atoms with E-state index in [9.17, 15) is 23.3 Å². The van der Waals surface area contributed by atoms with Gasteiger partial charge in [0, 0.05) is 26.2 Å². The summed E-state index contributed by atoms with van der Waals surface area (Å²) >= 11 is 5.35. The molecule has 11 heteroatoms. The molecule has 1 aromatic carbocycles. The first-order valence-electron chi connectivity index (χ1n) is 5.91. The molecule has 0 fully saturated rings. The molecular formula is C11H14ClN3O6S. The zero-order chi connectivity index (χ0) is 16.9. The Morgan fingerprint density at radius 1 is 1.41 bits per heavy atom. The van der Waals surface area contributed by atoms with Crippen LogP contribution in [0.4, 0.5) is 16.2 Å². The van der Waals surface area contributed by atoms with Crippen LogP contribution in [0.1, 0.15) is 0 Å². The fraction of sp³-hybridized carbons (Fsp3) is 0.364.